The number of rotatable bonds is 4. The van der Waals surface area contributed by atoms with E-state index in [1.807, 2.05) is 44.3 Å². The summed E-state index contributed by atoms with van der Waals surface area (Å²) in [6.07, 6.45) is 0. The molecule has 0 aliphatic carbocycles. The second-order valence-electron chi connectivity index (χ2n) is 4.19. The molecule has 0 amide bonds. The normalized spacial score (nSPS) is 10.3. The highest BCUT2D eigenvalue weighted by atomic mass is 32.1. The van der Waals surface area contributed by atoms with Crippen molar-refractivity contribution in [3.8, 4) is 0 Å². The minimum Gasteiger partial charge on any atom is -0.477 e. The Morgan fingerprint density at radius 3 is 2.56 bits per heavy atom. The lowest BCUT2D eigenvalue weighted by atomic mass is 10.2. The van der Waals surface area contributed by atoms with Gasteiger partial charge in [-0.1, -0.05) is 18.2 Å². The molecule has 2 rings (SSSR count). The molecule has 2 aromatic rings. The van der Waals surface area contributed by atoms with Crippen LogP contribution in [0.15, 0.2) is 36.4 Å². The molecular formula is C14H15NO2S. The summed E-state index contributed by atoms with van der Waals surface area (Å²) in [5, 5.41) is 8.97. The molecule has 94 valence electrons. The Hall–Kier alpha value is -1.81. The lowest BCUT2D eigenvalue weighted by molar-refractivity contribution is 0.0702. The quantitative estimate of drug-likeness (QED) is 0.917. The maximum atomic E-state index is 10.9. The Morgan fingerprint density at radius 1 is 1.33 bits per heavy atom. The van der Waals surface area contributed by atoms with Gasteiger partial charge in [0.1, 0.15) is 4.88 Å². The van der Waals surface area contributed by atoms with Crippen molar-refractivity contribution in [1.82, 2.24) is 0 Å². The number of hydrogen-bond donors (Lipinski definition) is 1. The Balaban J connectivity index is 2.17. The van der Waals surface area contributed by atoms with E-state index in [1.165, 1.54) is 11.3 Å². The summed E-state index contributed by atoms with van der Waals surface area (Å²) in [4.78, 5) is 14.5. The number of carboxylic acids is 1. The van der Waals surface area contributed by atoms with Crippen molar-refractivity contribution in [2.24, 2.45) is 0 Å². The van der Waals surface area contributed by atoms with Gasteiger partial charge in [0.05, 0.1) is 0 Å². The number of aromatic carboxylic acids is 1. The van der Waals surface area contributed by atoms with Crippen molar-refractivity contribution >= 4 is 23.0 Å². The van der Waals surface area contributed by atoms with Crippen LogP contribution in [-0.4, -0.2) is 18.1 Å². The molecule has 0 saturated heterocycles. The largest absolute Gasteiger partial charge is 0.477 e. The van der Waals surface area contributed by atoms with E-state index in [0.717, 1.165) is 22.7 Å². The first-order valence-electron chi connectivity index (χ1n) is 5.66. The van der Waals surface area contributed by atoms with Crippen molar-refractivity contribution in [3.05, 3.63) is 51.7 Å². The SMILES string of the molecule is Cc1sc(C(=O)O)cc1CN(C)c1ccccc1. The van der Waals surface area contributed by atoms with Gasteiger partial charge in [0, 0.05) is 24.2 Å². The zero-order chi connectivity index (χ0) is 13.1. The third-order valence-electron chi connectivity index (χ3n) is 2.84. The minimum atomic E-state index is -0.850. The Kier molecular flexibility index (Phi) is 3.67. The molecule has 0 saturated carbocycles. The van der Waals surface area contributed by atoms with Gasteiger partial charge in [0.2, 0.25) is 0 Å². The number of carboxylic acid groups (broad SMARTS) is 1. The lowest BCUT2D eigenvalue weighted by Gasteiger charge is -2.19. The predicted octanol–water partition coefficient (Wildman–Crippen LogP) is 3.39. The highest BCUT2D eigenvalue weighted by Gasteiger charge is 2.12. The second-order valence-corrected chi connectivity index (χ2v) is 5.45. The number of benzene rings is 1. The fraction of sp³-hybridized carbons (Fsp3) is 0.214. The molecule has 0 bridgehead atoms. The maximum Gasteiger partial charge on any atom is 0.345 e. The molecule has 1 aromatic heterocycles. The van der Waals surface area contributed by atoms with Crippen LogP contribution in [0.25, 0.3) is 0 Å². The molecular weight excluding hydrogens is 246 g/mol. The lowest BCUT2D eigenvalue weighted by Crippen LogP contribution is -2.16. The molecule has 3 nitrogen and oxygen atoms in total. The molecule has 0 spiro atoms. The summed E-state index contributed by atoms with van der Waals surface area (Å²) in [5.41, 5.74) is 2.20. The van der Waals surface area contributed by atoms with Gasteiger partial charge >= 0.3 is 5.97 Å². The van der Waals surface area contributed by atoms with Crippen LogP contribution in [0, 0.1) is 6.92 Å². The molecule has 0 fully saturated rings. The third kappa shape index (κ3) is 2.71. The molecule has 1 aromatic carbocycles. The number of nitrogens with zero attached hydrogens (tertiary/aromatic N) is 1. The van der Waals surface area contributed by atoms with Crippen LogP contribution in [0.1, 0.15) is 20.1 Å². The zero-order valence-corrected chi connectivity index (χ0v) is 11.2. The van der Waals surface area contributed by atoms with Crippen LogP contribution >= 0.6 is 11.3 Å². The first kappa shape index (κ1) is 12.6. The molecule has 0 atom stereocenters. The van der Waals surface area contributed by atoms with Gasteiger partial charge in [-0.3, -0.25) is 0 Å². The van der Waals surface area contributed by atoms with Crippen LogP contribution in [0.2, 0.25) is 0 Å². The first-order chi connectivity index (χ1) is 8.58. The summed E-state index contributed by atoms with van der Waals surface area (Å²) in [6.45, 7) is 2.69. The van der Waals surface area contributed by atoms with E-state index in [2.05, 4.69) is 4.90 Å². The van der Waals surface area contributed by atoms with E-state index >= 15 is 0 Å². The number of hydrogen-bond acceptors (Lipinski definition) is 3. The monoisotopic (exact) mass is 261 g/mol. The molecule has 1 heterocycles. The average molecular weight is 261 g/mol. The van der Waals surface area contributed by atoms with Crippen LogP contribution in [-0.2, 0) is 6.54 Å². The molecule has 4 heteroatoms. The van der Waals surface area contributed by atoms with Crippen LogP contribution in [0.3, 0.4) is 0 Å². The topological polar surface area (TPSA) is 40.5 Å². The zero-order valence-electron chi connectivity index (χ0n) is 10.4. The van der Waals surface area contributed by atoms with Crippen LogP contribution in [0.5, 0.6) is 0 Å². The van der Waals surface area contributed by atoms with E-state index in [9.17, 15) is 4.79 Å². The van der Waals surface area contributed by atoms with Gasteiger partial charge in [-0.2, -0.15) is 0 Å². The Bertz CT molecular complexity index is 548. The van der Waals surface area contributed by atoms with E-state index < -0.39 is 5.97 Å². The van der Waals surface area contributed by atoms with Crippen molar-refractivity contribution in [2.75, 3.05) is 11.9 Å². The summed E-state index contributed by atoms with van der Waals surface area (Å²) in [6, 6.07) is 11.8. The smallest absolute Gasteiger partial charge is 0.345 e. The Labute approximate surface area is 110 Å². The van der Waals surface area contributed by atoms with Crippen LogP contribution < -0.4 is 4.90 Å². The molecule has 18 heavy (non-hydrogen) atoms. The summed E-state index contributed by atoms with van der Waals surface area (Å²) in [7, 11) is 2.01. The van der Waals surface area contributed by atoms with Crippen molar-refractivity contribution in [2.45, 2.75) is 13.5 Å². The van der Waals surface area contributed by atoms with Gasteiger partial charge in [0.15, 0.2) is 0 Å². The fourth-order valence-corrected chi connectivity index (χ4v) is 2.68. The molecule has 0 aliphatic heterocycles. The maximum absolute atomic E-state index is 10.9. The number of anilines is 1. The molecule has 0 radical (unpaired) electrons. The van der Waals surface area contributed by atoms with Gasteiger partial charge < -0.3 is 10.0 Å². The van der Waals surface area contributed by atoms with Crippen LogP contribution in [0.4, 0.5) is 5.69 Å². The van der Waals surface area contributed by atoms with Gasteiger partial charge in [-0.15, -0.1) is 11.3 Å². The van der Waals surface area contributed by atoms with Gasteiger partial charge in [-0.05, 0) is 30.7 Å². The highest BCUT2D eigenvalue weighted by Crippen LogP contribution is 2.24. The Morgan fingerprint density at radius 2 is 2.00 bits per heavy atom. The first-order valence-corrected chi connectivity index (χ1v) is 6.48. The summed E-state index contributed by atoms with van der Waals surface area (Å²) in [5.74, 6) is -0.850. The standard InChI is InChI=1S/C14H15NO2S/c1-10-11(8-13(18-10)14(16)17)9-15(2)12-6-4-3-5-7-12/h3-8H,9H2,1-2H3,(H,16,17). The average Bonchev–Trinajstić information content (AvgIpc) is 2.72. The predicted molar refractivity (Wildman–Crippen MR) is 74.6 cm³/mol. The third-order valence-corrected chi connectivity index (χ3v) is 3.92. The highest BCUT2D eigenvalue weighted by molar-refractivity contribution is 7.14. The van der Waals surface area contributed by atoms with Crippen molar-refractivity contribution in [3.63, 3.8) is 0 Å². The van der Waals surface area contributed by atoms with E-state index in [1.54, 1.807) is 6.07 Å². The fourth-order valence-electron chi connectivity index (χ4n) is 1.81. The minimum absolute atomic E-state index is 0.406. The number of aryl methyl sites for hydroxylation is 1. The number of carbonyl (C=O) groups is 1. The molecule has 1 N–H and O–H groups in total. The summed E-state index contributed by atoms with van der Waals surface area (Å²) >= 11 is 1.33. The van der Waals surface area contributed by atoms with Crippen molar-refractivity contribution in [1.29, 1.82) is 0 Å². The second kappa shape index (κ2) is 5.23. The molecule has 0 aliphatic rings. The van der Waals surface area contributed by atoms with E-state index in [0.29, 0.717) is 4.88 Å². The van der Waals surface area contributed by atoms with E-state index in [4.69, 9.17) is 5.11 Å². The van der Waals surface area contributed by atoms with Gasteiger partial charge in [0.25, 0.3) is 0 Å². The number of thiophene rings is 1. The van der Waals surface area contributed by atoms with E-state index in [-0.39, 0.29) is 0 Å². The van der Waals surface area contributed by atoms with Gasteiger partial charge in [-0.25, -0.2) is 4.79 Å². The van der Waals surface area contributed by atoms with Crippen molar-refractivity contribution < 1.29 is 9.90 Å². The summed E-state index contributed by atoms with van der Waals surface area (Å²) < 4.78 is 0. The molecule has 0 unspecified atom stereocenters. The number of para-hydroxylation sites is 1.